The molecule has 4 heteroatoms. The number of rotatable bonds is 3. The van der Waals surface area contributed by atoms with E-state index in [1.54, 1.807) is 12.1 Å². The zero-order valence-corrected chi connectivity index (χ0v) is 9.45. The Morgan fingerprint density at radius 2 is 2.23 bits per heavy atom. The molecule has 0 saturated carbocycles. The van der Waals surface area contributed by atoms with Gasteiger partial charge in [-0.05, 0) is 34.5 Å². The van der Waals surface area contributed by atoms with Crippen molar-refractivity contribution in [2.45, 2.75) is 13.3 Å². The topological polar surface area (TPSA) is 9.23 Å². The molecule has 0 unspecified atom stereocenters. The molecule has 0 aliphatic heterocycles. The molecule has 13 heavy (non-hydrogen) atoms. The lowest BCUT2D eigenvalue weighted by atomic mass is 10.3. The molecular weight excluding hydrogens is 258 g/mol. The Morgan fingerprint density at radius 3 is 2.85 bits per heavy atom. The molecule has 0 amide bonds. The monoisotopic (exact) mass is 266 g/mol. The normalized spacial score (nSPS) is 10.2. The SMILES string of the molecule is CCCOc1c(Cl)ccc(Br)c1F. The smallest absolute Gasteiger partial charge is 0.180 e. The van der Waals surface area contributed by atoms with E-state index in [1.807, 2.05) is 6.92 Å². The van der Waals surface area contributed by atoms with Crippen LogP contribution in [-0.4, -0.2) is 6.61 Å². The summed E-state index contributed by atoms with van der Waals surface area (Å²) in [6, 6.07) is 3.15. The highest BCUT2D eigenvalue weighted by atomic mass is 79.9. The average Bonchev–Trinajstić information content (AvgIpc) is 2.12. The van der Waals surface area contributed by atoms with Gasteiger partial charge in [0.05, 0.1) is 16.1 Å². The molecule has 0 radical (unpaired) electrons. The van der Waals surface area contributed by atoms with Gasteiger partial charge in [-0.2, -0.15) is 0 Å². The first kappa shape index (κ1) is 10.8. The number of hydrogen-bond donors (Lipinski definition) is 0. The van der Waals surface area contributed by atoms with Crippen LogP contribution in [0, 0.1) is 5.82 Å². The first-order chi connectivity index (χ1) is 6.16. The van der Waals surface area contributed by atoms with Crippen molar-refractivity contribution in [3.8, 4) is 5.75 Å². The van der Waals surface area contributed by atoms with Gasteiger partial charge in [0.2, 0.25) is 0 Å². The minimum atomic E-state index is -0.444. The number of benzene rings is 1. The minimum absolute atomic E-state index is 0.123. The molecular formula is C9H9BrClFO. The molecule has 0 spiro atoms. The Morgan fingerprint density at radius 1 is 1.54 bits per heavy atom. The fourth-order valence-corrected chi connectivity index (χ4v) is 1.36. The maximum absolute atomic E-state index is 13.3. The second-order valence-corrected chi connectivity index (χ2v) is 3.78. The lowest BCUT2D eigenvalue weighted by Crippen LogP contribution is -1.98. The van der Waals surface area contributed by atoms with Gasteiger partial charge >= 0.3 is 0 Å². The highest BCUT2D eigenvalue weighted by molar-refractivity contribution is 9.10. The summed E-state index contributed by atoms with van der Waals surface area (Å²) < 4.78 is 18.9. The average molecular weight is 268 g/mol. The molecule has 0 heterocycles. The van der Waals surface area contributed by atoms with Crippen LogP contribution in [0.3, 0.4) is 0 Å². The summed E-state index contributed by atoms with van der Waals surface area (Å²) in [5.74, 6) is -0.321. The molecule has 1 aromatic rings. The third-order valence-corrected chi connectivity index (χ3v) is 2.36. The lowest BCUT2D eigenvalue weighted by Gasteiger charge is -2.08. The van der Waals surface area contributed by atoms with E-state index in [2.05, 4.69) is 15.9 Å². The summed E-state index contributed by atoms with van der Waals surface area (Å²) in [4.78, 5) is 0. The third kappa shape index (κ3) is 2.58. The maximum Gasteiger partial charge on any atom is 0.180 e. The molecule has 0 aromatic heterocycles. The van der Waals surface area contributed by atoms with Gasteiger partial charge in [0.15, 0.2) is 11.6 Å². The van der Waals surface area contributed by atoms with Crippen molar-refractivity contribution in [3.05, 3.63) is 27.4 Å². The fourth-order valence-electron chi connectivity index (χ4n) is 0.845. The molecule has 0 bridgehead atoms. The number of ether oxygens (including phenoxy) is 1. The Balaban J connectivity index is 2.96. The Bertz CT molecular complexity index is 304. The third-order valence-electron chi connectivity index (χ3n) is 1.45. The first-order valence-corrected chi connectivity index (χ1v) is 5.10. The van der Waals surface area contributed by atoms with Crippen LogP contribution in [0.15, 0.2) is 16.6 Å². The fraction of sp³-hybridized carbons (Fsp3) is 0.333. The molecule has 0 saturated heterocycles. The molecule has 1 nitrogen and oxygen atoms in total. The molecule has 1 rings (SSSR count). The van der Waals surface area contributed by atoms with Gasteiger partial charge in [-0.3, -0.25) is 0 Å². The van der Waals surface area contributed by atoms with Crippen LogP contribution >= 0.6 is 27.5 Å². The van der Waals surface area contributed by atoms with Crippen molar-refractivity contribution in [1.82, 2.24) is 0 Å². The van der Waals surface area contributed by atoms with Gasteiger partial charge in [0.1, 0.15) is 0 Å². The lowest BCUT2D eigenvalue weighted by molar-refractivity contribution is 0.301. The summed E-state index contributed by atoms with van der Waals surface area (Å²) in [5, 5.41) is 0.300. The molecule has 0 aliphatic carbocycles. The van der Waals surface area contributed by atoms with E-state index in [4.69, 9.17) is 16.3 Å². The van der Waals surface area contributed by atoms with Crippen LogP contribution in [0.1, 0.15) is 13.3 Å². The van der Waals surface area contributed by atoms with E-state index in [9.17, 15) is 4.39 Å². The number of halogens is 3. The molecule has 0 N–H and O–H groups in total. The zero-order chi connectivity index (χ0) is 9.84. The standard InChI is InChI=1S/C9H9BrClFO/c1-2-5-13-9-7(11)4-3-6(10)8(9)12/h3-4H,2,5H2,1H3. The molecule has 0 atom stereocenters. The van der Waals surface area contributed by atoms with E-state index in [0.717, 1.165) is 6.42 Å². The Labute approximate surface area is 90.0 Å². The largest absolute Gasteiger partial charge is 0.489 e. The van der Waals surface area contributed by atoms with Crippen LogP contribution in [0.5, 0.6) is 5.75 Å². The van der Waals surface area contributed by atoms with E-state index in [1.165, 1.54) is 0 Å². The maximum atomic E-state index is 13.3. The second-order valence-electron chi connectivity index (χ2n) is 2.52. The van der Waals surface area contributed by atoms with Gasteiger partial charge in [-0.15, -0.1) is 0 Å². The van der Waals surface area contributed by atoms with E-state index < -0.39 is 5.82 Å². The van der Waals surface area contributed by atoms with Crippen molar-refractivity contribution in [3.63, 3.8) is 0 Å². The second kappa shape index (κ2) is 4.82. The van der Waals surface area contributed by atoms with Crippen LogP contribution in [-0.2, 0) is 0 Å². The Hall–Kier alpha value is -0.280. The molecule has 0 aliphatic rings. The van der Waals surface area contributed by atoms with Gasteiger partial charge < -0.3 is 4.74 Å². The van der Waals surface area contributed by atoms with E-state index >= 15 is 0 Å². The summed E-state index contributed by atoms with van der Waals surface area (Å²) in [6.45, 7) is 2.41. The summed E-state index contributed by atoms with van der Waals surface area (Å²) >= 11 is 8.81. The Kier molecular flexibility index (Phi) is 4.00. The van der Waals surface area contributed by atoms with Crippen LogP contribution < -0.4 is 4.74 Å². The van der Waals surface area contributed by atoms with Crippen molar-refractivity contribution in [1.29, 1.82) is 0 Å². The van der Waals surface area contributed by atoms with Gasteiger partial charge in [0, 0.05) is 0 Å². The molecule has 0 fully saturated rings. The summed E-state index contributed by atoms with van der Waals surface area (Å²) in [6.07, 6.45) is 0.822. The predicted octanol–water partition coefficient (Wildman–Crippen LogP) is 4.03. The van der Waals surface area contributed by atoms with Crippen molar-refractivity contribution < 1.29 is 9.13 Å². The van der Waals surface area contributed by atoms with Crippen molar-refractivity contribution in [2.24, 2.45) is 0 Å². The highest BCUT2D eigenvalue weighted by Gasteiger charge is 2.11. The van der Waals surface area contributed by atoms with Crippen LogP contribution in [0.2, 0.25) is 5.02 Å². The van der Waals surface area contributed by atoms with Crippen LogP contribution in [0.4, 0.5) is 4.39 Å². The van der Waals surface area contributed by atoms with E-state index in [0.29, 0.717) is 16.1 Å². The molecule has 72 valence electrons. The van der Waals surface area contributed by atoms with Gasteiger partial charge in [-0.1, -0.05) is 18.5 Å². The van der Waals surface area contributed by atoms with Gasteiger partial charge in [-0.25, -0.2) is 4.39 Å². The number of hydrogen-bond acceptors (Lipinski definition) is 1. The summed E-state index contributed by atoms with van der Waals surface area (Å²) in [5.41, 5.74) is 0. The van der Waals surface area contributed by atoms with Gasteiger partial charge in [0.25, 0.3) is 0 Å². The van der Waals surface area contributed by atoms with Crippen molar-refractivity contribution in [2.75, 3.05) is 6.61 Å². The minimum Gasteiger partial charge on any atom is -0.489 e. The summed E-state index contributed by atoms with van der Waals surface area (Å²) in [7, 11) is 0. The van der Waals surface area contributed by atoms with Crippen LogP contribution in [0.25, 0.3) is 0 Å². The van der Waals surface area contributed by atoms with E-state index in [-0.39, 0.29) is 5.75 Å². The first-order valence-electron chi connectivity index (χ1n) is 3.93. The molecule has 1 aromatic carbocycles. The highest BCUT2D eigenvalue weighted by Crippen LogP contribution is 2.32. The zero-order valence-electron chi connectivity index (χ0n) is 7.11. The van der Waals surface area contributed by atoms with Crippen molar-refractivity contribution >= 4 is 27.5 Å². The quantitative estimate of drug-likeness (QED) is 0.751. The predicted molar refractivity (Wildman–Crippen MR) is 54.9 cm³/mol.